The molecule has 0 saturated carbocycles. The molecule has 7 heavy (non-hydrogen) atoms. The van der Waals surface area contributed by atoms with Crippen molar-refractivity contribution >= 4 is 11.4 Å². The number of alkyl halides is 1. The van der Waals surface area contributed by atoms with E-state index < -0.39 is 18.2 Å². The van der Waals surface area contributed by atoms with Gasteiger partial charge >= 0.3 is 29.6 Å². The second-order valence-corrected chi connectivity index (χ2v) is 1.08. The third-order valence-corrected chi connectivity index (χ3v) is 0.422. The second kappa shape index (κ2) is 7.00. The Morgan fingerprint density at radius 2 is 2.29 bits per heavy atom. The fraction of sp³-hybridized carbons (Fsp3) is 1.00. The van der Waals surface area contributed by atoms with Gasteiger partial charge in [0.15, 0.2) is 0 Å². The molecule has 0 saturated heterocycles. The second-order valence-electron chi connectivity index (χ2n) is 0.431. The summed E-state index contributed by atoms with van der Waals surface area (Å²) < 4.78 is 32.2. The molecular formula is CH2FNaO3S. The van der Waals surface area contributed by atoms with Gasteiger partial charge in [-0.1, -0.05) is 0 Å². The molecule has 0 rings (SSSR count). The van der Waals surface area contributed by atoms with Crippen LogP contribution in [0.4, 0.5) is 4.39 Å². The van der Waals surface area contributed by atoms with Gasteiger partial charge in [-0.3, -0.25) is 4.18 Å². The van der Waals surface area contributed by atoms with Gasteiger partial charge in [0.05, 0.1) is 11.4 Å². The Balaban J connectivity index is 0. The number of hydrogen-bond donors (Lipinski definition) is 0. The molecule has 3 nitrogen and oxygen atoms in total. The van der Waals surface area contributed by atoms with Crippen molar-refractivity contribution < 1.29 is 46.9 Å². The Bertz CT molecular complexity index is 58.9. The van der Waals surface area contributed by atoms with E-state index in [1.54, 1.807) is 0 Å². The van der Waals surface area contributed by atoms with Crippen molar-refractivity contribution in [1.29, 1.82) is 0 Å². The van der Waals surface area contributed by atoms with Crippen molar-refractivity contribution in [3.63, 3.8) is 0 Å². The first-order chi connectivity index (χ1) is 2.77. The SMILES string of the molecule is O=S([O-])OCF.[Na+]. The number of halogens is 1. The zero-order chi connectivity index (χ0) is 4.99. The first-order valence-electron chi connectivity index (χ1n) is 1.06. The average Bonchev–Trinajstić information content (AvgIpc) is 1.35. The zero-order valence-corrected chi connectivity index (χ0v) is 6.53. The molecule has 0 aliphatic carbocycles. The molecule has 0 bridgehead atoms. The van der Waals surface area contributed by atoms with Gasteiger partial charge in [0, 0.05) is 0 Å². The molecular weight excluding hydrogens is 134 g/mol. The predicted molar refractivity (Wildman–Crippen MR) is 16.0 cm³/mol. The molecule has 0 heterocycles. The van der Waals surface area contributed by atoms with Crippen LogP contribution >= 0.6 is 0 Å². The summed E-state index contributed by atoms with van der Waals surface area (Å²) >= 11 is -2.69. The predicted octanol–water partition coefficient (Wildman–Crippen LogP) is -3.27. The average molecular weight is 136 g/mol. The van der Waals surface area contributed by atoms with Crippen LogP contribution in [0.5, 0.6) is 0 Å². The van der Waals surface area contributed by atoms with E-state index in [0.29, 0.717) is 0 Å². The molecule has 0 N–H and O–H groups in total. The van der Waals surface area contributed by atoms with Crippen LogP contribution in [0.15, 0.2) is 0 Å². The molecule has 0 spiro atoms. The largest absolute Gasteiger partial charge is 1.00 e. The molecule has 0 fully saturated rings. The first kappa shape index (κ1) is 10.9. The van der Waals surface area contributed by atoms with E-state index in [1.807, 2.05) is 0 Å². The van der Waals surface area contributed by atoms with E-state index in [-0.39, 0.29) is 29.6 Å². The Morgan fingerprint density at radius 1 is 1.86 bits per heavy atom. The van der Waals surface area contributed by atoms with E-state index in [2.05, 4.69) is 4.18 Å². The Kier molecular flexibility index (Phi) is 10.9. The van der Waals surface area contributed by atoms with Crippen molar-refractivity contribution in [2.45, 2.75) is 0 Å². The van der Waals surface area contributed by atoms with Crippen molar-refractivity contribution in [2.24, 2.45) is 0 Å². The Morgan fingerprint density at radius 3 is 2.29 bits per heavy atom. The maximum atomic E-state index is 10.6. The molecule has 1 atom stereocenters. The third-order valence-electron chi connectivity index (χ3n) is 0.141. The van der Waals surface area contributed by atoms with E-state index in [4.69, 9.17) is 8.76 Å². The van der Waals surface area contributed by atoms with Gasteiger partial charge in [-0.25, -0.2) is 8.60 Å². The van der Waals surface area contributed by atoms with Crippen molar-refractivity contribution in [3.8, 4) is 0 Å². The fourth-order valence-electron chi connectivity index (χ4n) is 0.0364. The summed E-state index contributed by atoms with van der Waals surface area (Å²) in [5, 5.41) is 0. The van der Waals surface area contributed by atoms with Crippen LogP contribution in [0.3, 0.4) is 0 Å². The van der Waals surface area contributed by atoms with Crippen LogP contribution in [-0.2, 0) is 15.5 Å². The maximum Gasteiger partial charge on any atom is 1.00 e. The van der Waals surface area contributed by atoms with Crippen molar-refractivity contribution in [3.05, 3.63) is 0 Å². The minimum atomic E-state index is -2.69. The van der Waals surface area contributed by atoms with Gasteiger partial charge in [0.1, 0.15) is 0 Å². The minimum Gasteiger partial charge on any atom is -0.750 e. The van der Waals surface area contributed by atoms with Gasteiger partial charge in [-0.2, -0.15) is 0 Å². The van der Waals surface area contributed by atoms with Gasteiger partial charge in [-0.15, -0.1) is 0 Å². The van der Waals surface area contributed by atoms with Crippen LogP contribution in [0.25, 0.3) is 0 Å². The van der Waals surface area contributed by atoms with E-state index in [9.17, 15) is 4.39 Å². The standard InChI is InChI=1S/CH3FO3S.Na/c2-1-5-6(3)4;/h1H2,(H,3,4);/q;+1/p-1. The van der Waals surface area contributed by atoms with E-state index in [0.717, 1.165) is 0 Å². The Labute approximate surface area is 65.0 Å². The van der Waals surface area contributed by atoms with Crippen LogP contribution in [0.1, 0.15) is 0 Å². The minimum absolute atomic E-state index is 0. The van der Waals surface area contributed by atoms with Crippen LogP contribution < -0.4 is 29.6 Å². The normalized spacial score (nSPS) is 12.3. The van der Waals surface area contributed by atoms with Gasteiger partial charge < -0.3 is 4.55 Å². The van der Waals surface area contributed by atoms with Gasteiger partial charge in [-0.05, 0) is 0 Å². The summed E-state index contributed by atoms with van der Waals surface area (Å²) in [4.78, 5) is 0. The Hall–Kier alpha value is 1.00. The molecule has 0 aliphatic rings. The summed E-state index contributed by atoms with van der Waals surface area (Å²) in [6, 6.07) is 0. The molecule has 1 unspecified atom stereocenters. The number of hydrogen-bond acceptors (Lipinski definition) is 3. The summed E-state index contributed by atoms with van der Waals surface area (Å²) in [5.74, 6) is 0. The van der Waals surface area contributed by atoms with Crippen LogP contribution in [-0.4, -0.2) is 15.6 Å². The fourth-order valence-corrected chi connectivity index (χ4v) is 0.109. The van der Waals surface area contributed by atoms with Gasteiger partial charge in [0.2, 0.25) is 6.86 Å². The van der Waals surface area contributed by atoms with Crippen molar-refractivity contribution in [2.75, 3.05) is 6.86 Å². The smallest absolute Gasteiger partial charge is 0.750 e. The zero-order valence-electron chi connectivity index (χ0n) is 3.72. The molecule has 0 aliphatic heterocycles. The summed E-state index contributed by atoms with van der Waals surface area (Å²) in [7, 11) is 0. The quantitative estimate of drug-likeness (QED) is 0.295. The summed E-state index contributed by atoms with van der Waals surface area (Å²) in [5.41, 5.74) is 0. The van der Waals surface area contributed by atoms with Crippen LogP contribution in [0, 0.1) is 0 Å². The first-order valence-corrected chi connectivity index (χ1v) is 2.06. The molecule has 6 heteroatoms. The summed E-state index contributed by atoms with van der Waals surface area (Å²) in [6.45, 7) is -1.28. The van der Waals surface area contributed by atoms with E-state index in [1.165, 1.54) is 0 Å². The monoisotopic (exact) mass is 136 g/mol. The van der Waals surface area contributed by atoms with Crippen LogP contribution in [0.2, 0.25) is 0 Å². The molecule has 0 aromatic carbocycles. The maximum absolute atomic E-state index is 10.6. The van der Waals surface area contributed by atoms with Gasteiger partial charge in [0.25, 0.3) is 0 Å². The van der Waals surface area contributed by atoms with E-state index >= 15 is 0 Å². The number of rotatable bonds is 2. The molecule has 0 radical (unpaired) electrons. The molecule has 0 aromatic heterocycles. The topological polar surface area (TPSA) is 49.4 Å². The summed E-state index contributed by atoms with van der Waals surface area (Å²) in [6.07, 6.45) is 0. The van der Waals surface area contributed by atoms with Crippen molar-refractivity contribution in [1.82, 2.24) is 0 Å². The molecule has 0 amide bonds. The third kappa shape index (κ3) is 10.9. The molecule has 0 aromatic rings. The molecule has 38 valence electrons.